The van der Waals surface area contributed by atoms with Gasteiger partial charge in [-0.3, -0.25) is 4.79 Å². The lowest BCUT2D eigenvalue weighted by Crippen LogP contribution is -2.30. The molecule has 6 nitrogen and oxygen atoms in total. The highest BCUT2D eigenvalue weighted by Crippen LogP contribution is 2.26. The molecule has 6 heteroatoms. The first-order valence-corrected chi connectivity index (χ1v) is 8.70. The number of pyridine rings is 1. The SMILES string of the molecule is Cc1cc(C)c2c(OCC(=O)NCCc3ccccc3C)nn(C)c2n1. The topological polar surface area (TPSA) is 69.0 Å². The Balaban J connectivity index is 1.58. The van der Waals surface area contributed by atoms with Gasteiger partial charge in [-0.25, -0.2) is 9.67 Å². The second kappa shape index (κ2) is 7.56. The van der Waals surface area contributed by atoms with Gasteiger partial charge < -0.3 is 10.1 Å². The summed E-state index contributed by atoms with van der Waals surface area (Å²) in [5, 5.41) is 8.10. The molecule has 2 heterocycles. The van der Waals surface area contributed by atoms with Crippen LogP contribution in [-0.2, 0) is 18.3 Å². The Morgan fingerprint density at radius 2 is 1.96 bits per heavy atom. The Morgan fingerprint density at radius 1 is 1.19 bits per heavy atom. The highest BCUT2D eigenvalue weighted by Gasteiger charge is 2.15. The van der Waals surface area contributed by atoms with E-state index in [2.05, 4.69) is 34.5 Å². The van der Waals surface area contributed by atoms with Crippen molar-refractivity contribution < 1.29 is 9.53 Å². The van der Waals surface area contributed by atoms with Gasteiger partial charge in [-0.2, -0.15) is 0 Å². The average molecular weight is 352 g/mol. The van der Waals surface area contributed by atoms with Crippen molar-refractivity contribution in [2.75, 3.05) is 13.2 Å². The first-order valence-electron chi connectivity index (χ1n) is 8.70. The van der Waals surface area contributed by atoms with Gasteiger partial charge in [0.05, 0.1) is 5.39 Å². The van der Waals surface area contributed by atoms with E-state index in [0.29, 0.717) is 12.4 Å². The van der Waals surface area contributed by atoms with Crippen LogP contribution in [0, 0.1) is 20.8 Å². The molecule has 1 amide bonds. The number of aromatic nitrogens is 3. The van der Waals surface area contributed by atoms with Crippen LogP contribution in [0.4, 0.5) is 0 Å². The zero-order valence-corrected chi connectivity index (χ0v) is 15.7. The molecule has 0 fully saturated rings. The quantitative estimate of drug-likeness (QED) is 0.740. The first kappa shape index (κ1) is 17.9. The summed E-state index contributed by atoms with van der Waals surface area (Å²) in [5.74, 6) is 0.289. The van der Waals surface area contributed by atoms with Crippen molar-refractivity contribution in [3.8, 4) is 5.88 Å². The number of carbonyl (C=O) groups is 1. The van der Waals surface area contributed by atoms with E-state index in [1.54, 1.807) is 4.68 Å². The van der Waals surface area contributed by atoms with Crippen LogP contribution in [0.3, 0.4) is 0 Å². The maximum absolute atomic E-state index is 12.1. The van der Waals surface area contributed by atoms with Gasteiger partial charge in [-0.05, 0) is 49.9 Å². The van der Waals surface area contributed by atoms with Crippen molar-refractivity contribution in [1.82, 2.24) is 20.1 Å². The molecule has 3 rings (SSSR count). The third-order valence-corrected chi connectivity index (χ3v) is 4.40. The van der Waals surface area contributed by atoms with Gasteiger partial charge in [-0.1, -0.05) is 24.3 Å². The fourth-order valence-corrected chi connectivity index (χ4v) is 3.06. The van der Waals surface area contributed by atoms with Crippen LogP contribution in [0.5, 0.6) is 5.88 Å². The number of benzene rings is 1. The van der Waals surface area contributed by atoms with Crippen LogP contribution in [0.2, 0.25) is 0 Å². The summed E-state index contributed by atoms with van der Waals surface area (Å²) >= 11 is 0. The monoisotopic (exact) mass is 352 g/mol. The van der Waals surface area contributed by atoms with Crippen LogP contribution < -0.4 is 10.1 Å². The molecule has 0 bridgehead atoms. The summed E-state index contributed by atoms with van der Waals surface area (Å²) in [6.07, 6.45) is 0.799. The van der Waals surface area contributed by atoms with Crippen LogP contribution in [0.1, 0.15) is 22.4 Å². The summed E-state index contributed by atoms with van der Waals surface area (Å²) in [7, 11) is 1.82. The molecular weight excluding hydrogens is 328 g/mol. The van der Waals surface area contributed by atoms with E-state index in [1.807, 2.05) is 39.1 Å². The normalized spacial score (nSPS) is 10.9. The molecule has 0 atom stereocenters. The van der Waals surface area contributed by atoms with Crippen LogP contribution in [-0.4, -0.2) is 33.8 Å². The number of fused-ring (bicyclic) bond motifs is 1. The Morgan fingerprint density at radius 3 is 2.73 bits per heavy atom. The molecule has 0 aliphatic carbocycles. The Bertz CT molecular complexity index is 946. The number of ether oxygens (including phenoxy) is 1. The number of nitrogens with zero attached hydrogens (tertiary/aromatic N) is 3. The molecule has 26 heavy (non-hydrogen) atoms. The highest BCUT2D eigenvalue weighted by atomic mass is 16.5. The maximum atomic E-state index is 12.1. The van der Waals surface area contributed by atoms with Gasteiger partial charge in [0.2, 0.25) is 5.88 Å². The number of amides is 1. The van der Waals surface area contributed by atoms with E-state index in [0.717, 1.165) is 28.7 Å². The molecular formula is C20H24N4O2. The lowest BCUT2D eigenvalue weighted by molar-refractivity contribution is -0.123. The molecule has 136 valence electrons. The zero-order chi connectivity index (χ0) is 18.7. The molecule has 0 spiro atoms. The molecule has 1 aromatic carbocycles. The Kier molecular flexibility index (Phi) is 5.21. The molecule has 3 aromatic rings. The van der Waals surface area contributed by atoms with Gasteiger partial charge in [0.1, 0.15) is 0 Å². The Labute approximate surface area is 153 Å². The van der Waals surface area contributed by atoms with Crippen LogP contribution in [0.25, 0.3) is 11.0 Å². The van der Waals surface area contributed by atoms with Crippen LogP contribution >= 0.6 is 0 Å². The van der Waals surface area contributed by atoms with Crippen molar-refractivity contribution in [2.24, 2.45) is 7.05 Å². The minimum atomic E-state index is -0.157. The van der Waals surface area contributed by atoms with Crippen molar-refractivity contribution in [2.45, 2.75) is 27.2 Å². The third-order valence-electron chi connectivity index (χ3n) is 4.40. The van der Waals surface area contributed by atoms with E-state index >= 15 is 0 Å². The Hall–Kier alpha value is -2.89. The predicted molar refractivity (Wildman–Crippen MR) is 101 cm³/mol. The number of aryl methyl sites for hydroxylation is 4. The summed E-state index contributed by atoms with van der Waals surface area (Å²) in [4.78, 5) is 16.6. The minimum absolute atomic E-state index is 0.0623. The number of hydrogen-bond acceptors (Lipinski definition) is 4. The first-order chi connectivity index (χ1) is 12.5. The number of hydrogen-bond donors (Lipinski definition) is 1. The van der Waals surface area contributed by atoms with E-state index in [-0.39, 0.29) is 12.5 Å². The van der Waals surface area contributed by atoms with Crippen molar-refractivity contribution in [3.63, 3.8) is 0 Å². The molecule has 0 unspecified atom stereocenters. The van der Waals surface area contributed by atoms with Gasteiger partial charge in [0.25, 0.3) is 5.91 Å². The largest absolute Gasteiger partial charge is 0.466 e. The number of nitrogens with one attached hydrogen (secondary N) is 1. The standard InChI is InChI=1S/C20H24N4O2/c1-13-7-5-6-8-16(13)9-10-21-17(25)12-26-20-18-14(2)11-15(3)22-19(18)24(4)23-20/h5-8,11H,9-10,12H2,1-4H3,(H,21,25). The smallest absolute Gasteiger partial charge is 0.258 e. The zero-order valence-electron chi connectivity index (χ0n) is 15.7. The molecule has 1 N–H and O–H groups in total. The summed E-state index contributed by atoms with van der Waals surface area (Å²) < 4.78 is 7.35. The van der Waals surface area contributed by atoms with Gasteiger partial charge in [0, 0.05) is 19.3 Å². The summed E-state index contributed by atoms with van der Waals surface area (Å²) in [5.41, 5.74) is 5.20. The molecule has 0 saturated heterocycles. The van der Waals surface area contributed by atoms with Gasteiger partial charge in [-0.15, -0.1) is 5.10 Å². The van der Waals surface area contributed by atoms with Gasteiger partial charge in [0.15, 0.2) is 12.3 Å². The number of rotatable bonds is 6. The highest BCUT2D eigenvalue weighted by molar-refractivity contribution is 5.85. The van der Waals surface area contributed by atoms with E-state index < -0.39 is 0 Å². The van der Waals surface area contributed by atoms with Crippen molar-refractivity contribution in [1.29, 1.82) is 0 Å². The van der Waals surface area contributed by atoms with E-state index in [1.165, 1.54) is 11.1 Å². The van der Waals surface area contributed by atoms with E-state index in [9.17, 15) is 4.79 Å². The fourth-order valence-electron chi connectivity index (χ4n) is 3.06. The molecule has 0 saturated carbocycles. The lowest BCUT2D eigenvalue weighted by Gasteiger charge is -2.08. The molecule has 0 aliphatic rings. The minimum Gasteiger partial charge on any atom is -0.466 e. The van der Waals surface area contributed by atoms with E-state index in [4.69, 9.17) is 4.74 Å². The molecule has 0 aliphatic heterocycles. The predicted octanol–water partition coefficient (Wildman–Crippen LogP) is 2.63. The molecule has 2 aromatic heterocycles. The van der Waals surface area contributed by atoms with Crippen molar-refractivity contribution >= 4 is 16.9 Å². The van der Waals surface area contributed by atoms with Gasteiger partial charge >= 0.3 is 0 Å². The number of carbonyl (C=O) groups excluding carboxylic acids is 1. The summed E-state index contributed by atoms with van der Waals surface area (Å²) in [6, 6.07) is 10.2. The fraction of sp³-hybridized carbons (Fsp3) is 0.350. The average Bonchev–Trinajstić information content (AvgIpc) is 2.91. The second-order valence-corrected chi connectivity index (χ2v) is 6.52. The third kappa shape index (κ3) is 3.85. The lowest BCUT2D eigenvalue weighted by atomic mass is 10.1. The maximum Gasteiger partial charge on any atom is 0.258 e. The molecule has 0 radical (unpaired) electrons. The van der Waals surface area contributed by atoms with Crippen molar-refractivity contribution in [3.05, 3.63) is 52.7 Å². The second-order valence-electron chi connectivity index (χ2n) is 6.52. The summed E-state index contributed by atoms with van der Waals surface area (Å²) in [6.45, 7) is 6.53. The van der Waals surface area contributed by atoms with Crippen LogP contribution in [0.15, 0.2) is 30.3 Å².